The summed E-state index contributed by atoms with van der Waals surface area (Å²) in [7, 11) is -3.24. The minimum atomic E-state index is -3.24. The van der Waals surface area contributed by atoms with Crippen molar-refractivity contribution >= 4 is 15.7 Å². The van der Waals surface area contributed by atoms with E-state index in [4.69, 9.17) is 11.5 Å². The van der Waals surface area contributed by atoms with E-state index in [2.05, 4.69) is 0 Å². The van der Waals surface area contributed by atoms with Gasteiger partial charge in [-0.1, -0.05) is 18.2 Å². The summed E-state index contributed by atoms with van der Waals surface area (Å²) in [5, 5.41) is 0. The highest BCUT2D eigenvalue weighted by Gasteiger charge is 2.15. The van der Waals surface area contributed by atoms with E-state index in [1.165, 1.54) is 6.07 Å². The van der Waals surface area contributed by atoms with Gasteiger partial charge in [0.1, 0.15) is 0 Å². The van der Waals surface area contributed by atoms with Crippen LogP contribution in [0, 0.1) is 0 Å². The molecule has 0 aromatic heterocycles. The van der Waals surface area contributed by atoms with Gasteiger partial charge < -0.3 is 11.5 Å². The fraction of sp³-hybridized carbons (Fsp3) is 0.364. The van der Waals surface area contributed by atoms with Crippen LogP contribution in [0.3, 0.4) is 0 Å². The fourth-order valence-electron chi connectivity index (χ4n) is 1.50. The van der Waals surface area contributed by atoms with Crippen LogP contribution in [0.4, 0.5) is 0 Å². The third-order valence-corrected chi connectivity index (χ3v) is 3.98. The maximum atomic E-state index is 11.7. The first-order valence-corrected chi connectivity index (χ1v) is 7.06. The van der Waals surface area contributed by atoms with Crippen LogP contribution in [0.1, 0.15) is 22.3 Å². The van der Waals surface area contributed by atoms with E-state index in [-0.39, 0.29) is 17.1 Å². The van der Waals surface area contributed by atoms with Gasteiger partial charge in [-0.25, -0.2) is 8.42 Å². The van der Waals surface area contributed by atoms with Crippen molar-refractivity contribution in [3.05, 3.63) is 35.4 Å². The van der Waals surface area contributed by atoms with Gasteiger partial charge in [-0.2, -0.15) is 0 Å². The Morgan fingerprint density at radius 2 is 1.88 bits per heavy atom. The number of rotatable bonds is 6. The van der Waals surface area contributed by atoms with Crippen LogP contribution in [0.2, 0.25) is 0 Å². The average molecular weight is 256 g/mol. The summed E-state index contributed by atoms with van der Waals surface area (Å²) in [4.78, 5) is 11.1. The molecular weight excluding hydrogens is 240 g/mol. The van der Waals surface area contributed by atoms with Gasteiger partial charge in [-0.3, -0.25) is 4.79 Å². The summed E-state index contributed by atoms with van der Waals surface area (Å²) in [6.45, 7) is 0.330. The molecule has 0 atom stereocenters. The molecule has 0 saturated carbocycles. The lowest BCUT2D eigenvalue weighted by atomic mass is 10.1. The third kappa shape index (κ3) is 4.16. The van der Waals surface area contributed by atoms with E-state index >= 15 is 0 Å². The van der Waals surface area contributed by atoms with E-state index in [0.29, 0.717) is 18.5 Å². The number of nitrogens with two attached hydrogens (primary N) is 2. The Hall–Kier alpha value is -1.40. The highest BCUT2D eigenvalue weighted by molar-refractivity contribution is 7.90. The maximum Gasteiger partial charge on any atom is 0.249 e. The Kier molecular flexibility index (Phi) is 4.65. The monoisotopic (exact) mass is 256 g/mol. The number of primary amides is 1. The topological polar surface area (TPSA) is 103 Å². The number of sulfone groups is 1. The van der Waals surface area contributed by atoms with E-state index < -0.39 is 15.7 Å². The molecule has 1 aromatic rings. The van der Waals surface area contributed by atoms with Crippen LogP contribution < -0.4 is 11.5 Å². The molecule has 0 saturated heterocycles. The SMILES string of the molecule is NCCCS(=O)(=O)Cc1ccccc1C(N)=O. The highest BCUT2D eigenvalue weighted by Crippen LogP contribution is 2.13. The van der Waals surface area contributed by atoms with Crippen LogP contribution in [0.25, 0.3) is 0 Å². The van der Waals surface area contributed by atoms with Crippen LogP contribution in [-0.2, 0) is 15.6 Å². The third-order valence-electron chi connectivity index (χ3n) is 2.32. The summed E-state index contributed by atoms with van der Waals surface area (Å²) >= 11 is 0. The van der Waals surface area contributed by atoms with Crippen molar-refractivity contribution in [2.24, 2.45) is 11.5 Å². The van der Waals surface area contributed by atoms with Crippen LogP contribution in [0.15, 0.2) is 24.3 Å². The zero-order chi connectivity index (χ0) is 12.9. The molecule has 0 bridgehead atoms. The lowest BCUT2D eigenvalue weighted by Crippen LogP contribution is -2.18. The number of benzene rings is 1. The predicted octanol–water partition coefficient (Wildman–Crippen LogP) is 0.0491. The Balaban J connectivity index is 2.92. The van der Waals surface area contributed by atoms with Crippen molar-refractivity contribution < 1.29 is 13.2 Å². The van der Waals surface area contributed by atoms with Gasteiger partial charge in [0.2, 0.25) is 5.91 Å². The standard InChI is InChI=1S/C11H16N2O3S/c12-6-3-7-17(15,16)8-9-4-1-2-5-10(9)11(13)14/h1-2,4-5H,3,6-8,12H2,(H2,13,14). The molecule has 1 aromatic carbocycles. The second kappa shape index (κ2) is 5.79. The molecule has 17 heavy (non-hydrogen) atoms. The van der Waals surface area contributed by atoms with Crippen LogP contribution >= 0.6 is 0 Å². The largest absolute Gasteiger partial charge is 0.366 e. The average Bonchev–Trinajstić information content (AvgIpc) is 2.26. The summed E-state index contributed by atoms with van der Waals surface area (Å²) in [6, 6.07) is 6.45. The molecular formula is C11H16N2O3S. The van der Waals surface area contributed by atoms with Crippen molar-refractivity contribution in [3.63, 3.8) is 0 Å². The molecule has 0 spiro atoms. The lowest BCUT2D eigenvalue weighted by molar-refractivity contribution is 0.0999. The number of hydrogen-bond acceptors (Lipinski definition) is 4. The van der Waals surface area contributed by atoms with Crippen molar-refractivity contribution in [1.82, 2.24) is 0 Å². The first-order valence-electron chi connectivity index (χ1n) is 5.24. The fourth-order valence-corrected chi connectivity index (χ4v) is 2.98. The molecule has 4 N–H and O–H groups in total. The molecule has 1 rings (SSSR count). The van der Waals surface area contributed by atoms with E-state index in [0.717, 1.165) is 0 Å². The van der Waals surface area contributed by atoms with E-state index in [1.807, 2.05) is 0 Å². The second-order valence-corrected chi connectivity index (χ2v) is 5.94. The van der Waals surface area contributed by atoms with E-state index in [9.17, 15) is 13.2 Å². The van der Waals surface area contributed by atoms with Gasteiger partial charge in [-0.15, -0.1) is 0 Å². The molecule has 6 heteroatoms. The van der Waals surface area contributed by atoms with Crippen LogP contribution in [0.5, 0.6) is 0 Å². The van der Waals surface area contributed by atoms with Gasteiger partial charge in [0.25, 0.3) is 0 Å². The molecule has 1 amide bonds. The molecule has 94 valence electrons. The Labute approximate surface area is 101 Å². The van der Waals surface area contributed by atoms with Gasteiger partial charge in [0.05, 0.1) is 11.5 Å². The first-order chi connectivity index (χ1) is 7.96. The Morgan fingerprint density at radius 3 is 2.47 bits per heavy atom. The number of hydrogen-bond donors (Lipinski definition) is 2. The molecule has 0 aliphatic heterocycles. The van der Waals surface area contributed by atoms with Crippen molar-refractivity contribution in [3.8, 4) is 0 Å². The first kappa shape index (κ1) is 13.7. The van der Waals surface area contributed by atoms with Crippen molar-refractivity contribution in [2.75, 3.05) is 12.3 Å². The zero-order valence-electron chi connectivity index (χ0n) is 9.43. The Morgan fingerprint density at radius 1 is 1.24 bits per heavy atom. The molecule has 0 heterocycles. The molecule has 0 radical (unpaired) electrons. The highest BCUT2D eigenvalue weighted by atomic mass is 32.2. The minimum absolute atomic E-state index is 0.0244. The summed E-state index contributed by atoms with van der Waals surface area (Å²) < 4.78 is 23.5. The Bertz CT molecular complexity index is 497. The summed E-state index contributed by atoms with van der Waals surface area (Å²) in [5.74, 6) is -0.766. The van der Waals surface area contributed by atoms with Crippen LogP contribution in [-0.4, -0.2) is 26.6 Å². The summed E-state index contributed by atoms with van der Waals surface area (Å²) in [5.41, 5.74) is 11.1. The van der Waals surface area contributed by atoms with Gasteiger partial charge in [-0.05, 0) is 24.6 Å². The van der Waals surface area contributed by atoms with Crippen molar-refractivity contribution in [1.29, 1.82) is 0 Å². The van der Waals surface area contributed by atoms with Gasteiger partial charge in [0.15, 0.2) is 9.84 Å². The number of amides is 1. The minimum Gasteiger partial charge on any atom is -0.366 e. The predicted molar refractivity (Wildman–Crippen MR) is 66.1 cm³/mol. The van der Waals surface area contributed by atoms with E-state index in [1.54, 1.807) is 18.2 Å². The molecule has 0 aliphatic rings. The summed E-state index contributed by atoms with van der Waals surface area (Å²) in [6.07, 6.45) is 0.418. The zero-order valence-corrected chi connectivity index (χ0v) is 10.2. The van der Waals surface area contributed by atoms with Gasteiger partial charge >= 0.3 is 0 Å². The second-order valence-electron chi connectivity index (χ2n) is 3.76. The molecule has 0 aliphatic carbocycles. The molecule has 0 fully saturated rings. The lowest BCUT2D eigenvalue weighted by Gasteiger charge is -2.07. The quantitative estimate of drug-likeness (QED) is 0.750. The molecule has 5 nitrogen and oxygen atoms in total. The van der Waals surface area contributed by atoms with Gasteiger partial charge in [0, 0.05) is 5.56 Å². The molecule has 0 unspecified atom stereocenters. The van der Waals surface area contributed by atoms with Crippen molar-refractivity contribution in [2.45, 2.75) is 12.2 Å². The smallest absolute Gasteiger partial charge is 0.249 e. The normalized spacial score (nSPS) is 11.4. The number of carbonyl (C=O) groups is 1. The number of carbonyl (C=O) groups excluding carboxylic acids is 1. The maximum absolute atomic E-state index is 11.7.